The van der Waals surface area contributed by atoms with E-state index in [1.165, 1.54) is 11.3 Å². The number of halogens is 1. The molecule has 0 spiro atoms. The molecule has 0 radical (unpaired) electrons. The number of aromatic amines is 1. The minimum absolute atomic E-state index is 0.997. The van der Waals surface area contributed by atoms with Crippen molar-refractivity contribution in [3.63, 3.8) is 0 Å². The fraction of sp³-hybridized carbons (Fsp3) is 0.250. The highest BCUT2D eigenvalue weighted by Crippen LogP contribution is 2.12. The molecule has 0 atom stereocenters. The topological polar surface area (TPSA) is 28.7 Å². The number of aryl methyl sites for hydroxylation is 3. The second-order valence-corrected chi connectivity index (χ2v) is 4.52. The number of nitrogens with zero attached hydrogens (tertiary/aromatic N) is 1. The molecule has 2 aromatic rings. The molecule has 1 N–H and O–H groups in total. The average molecular weight is 265 g/mol. The predicted molar refractivity (Wildman–Crippen MR) is 64.9 cm³/mol. The molecule has 0 aliphatic carbocycles. The van der Waals surface area contributed by atoms with Crippen LogP contribution in [-0.4, -0.2) is 9.97 Å². The van der Waals surface area contributed by atoms with E-state index in [9.17, 15) is 0 Å². The molecular formula is C12H13BrN2. The maximum absolute atomic E-state index is 4.28. The van der Waals surface area contributed by atoms with Crippen molar-refractivity contribution in [1.82, 2.24) is 9.97 Å². The SMILES string of the molecule is Cc1[nH]cnc1CCc1ccc(Br)cc1. The van der Waals surface area contributed by atoms with Gasteiger partial charge >= 0.3 is 0 Å². The minimum atomic E-state index is 0.997. The van der Waals surface area contributed by atoms with Gasteiger partial charge in [0.15, 0.2) is 0 Å². The molecule has 0 bridgehead atoms. The summed E-state index contributed by atoms with van der Waals surface area (Å²) in [4.78, 5) is 7.38. The van der Waals surface area contributed by atoms with E-state index < -0.39 is 0 Å². The van der Waals surface area contributed by atoms with Gasteiger partial charge in [-0.2, -0.15) is 0 Å². The molecular weight excluding hydrogens is 252 g/mol. The lowest BCUT2D eigenvalue weighted by Crippen LogP contribution is -1.93. The molecule has 0 aliphatic heterocycles. The molecule has 1 aromatic heterocycles. The summed E-state index contributed by atoms with van der Waals surface area (Å²) in [5.74, 6) is 0. The predicted octanol–water partition coefficient (Wildman–Crippen LogP) is 3.27. The molecule has 0 saturated carbocycles. The lowest BCUT2D eigenvalue weighted by molar-refractivity contribution is 0.913. The van der Waals surface area contributed by atoms with Crippen molar-refractivity contribution >= 4 is 15.9 Å². The standard InChI is InChI=1S/C12H13BrN2/c1-9-12(15-8-14-9)7-4-10-2-5-11(13)6-3-10/h2-3,5-6,8H,4,7H2,1H3,(H,14,15). The molecule has 78 valence electrons. The van der Waals surface area contributed by atoms with Crippen LogP contribution in [0.5, 0.6) is 0 Å². The van der Waals surface area contributed by atoms with Crippen LogP contribution >= 0.6 is 15.9 Å². The lowest BCUT2D eigenvalue weighted by atomic mass is 10.1. The number of nitrogens with one attached hydrogen (secondary N) is 1. The fourth-order valence-corrected chi connectivity index (χ4v) is 1.82. The summed E-state index contributed by atoms with van der Waals surface area (Å²) in [6, 6.07) is 8.44. The summed E-state index contributed by atoms with van der Waals surface area (Å²) < 4.78 is 1.13. The van der Waals surface area contributed by atoms with Crippen LogP contribution in [0.15, 0.2) is 35.1 Å². The number of imidazole rings is 1. The summed E-state index contributed by atoms with van der Waals surface area (Å²) >= 11 is 3.43. The number of hydrogen-bond acceptors (Lipinski definition) is 1. The van der Waals surface area contributed by atoms with Crippen LogP contribution in [0.3, 0.4) is 0 Å². The van der Waals surface area contributed by atoms with Gasteiger partial charge in [-0.1, -0.05) is 28.1 Å². The molecule has 1 aromatic carbocycles. The highest BCUT2D eigenvalue weighted by molar-refractivity contribution is 9.10. The van der Waals surface area contributed by atoms with Gasteiger partial charge in [-0.25, -0.2) is 4.98 Å². The van der Waals surface area contributed by atoms with Crippen molar-refractivity contribution in [2.75, 3.05) is 0 Å². The zero-order valence-corrected chi connectivity index (χ0v) is 10.2. The van der Waals surface area contributed by atoms with Crippen LogP contribution < -0.4 is 0 Å². The number of aromatic nitrogens is 2. The second kappa shape index (κ2) is 4.62. The van der Waals surface area contributed by atoms with Crippen LogP contribution in [0.25, 0.3) is 0 Å². The van der Waals surface area contributed by atoms with Crippen LogP contribution in [0.1, 0.15) is 17.0 Å². The third kappa shape index (κ3) is 2.69. The van der Waals surface area contributed by atoms with Gasteiger partial charge in [-0.15, -0.1) is 0 Å². The quantitative estimate of drug-likeness (QED) is 0.906. The summed E-state index contributed by atoms with van der Waals surface area (Å²) in [6.45, 7) is 2.06. The molecule has 2 nitrogen and oxygen atoms in total. The first-order chi connectivity index (χ1) is 7.25. The monoisotopic (exact) mass is 264 g/mol. The Morgan fingerprint density at radius 2 is 1.93 bits per heavy atom. The Labute approximate surface area is 97.9 Å². The van der Waals surface area contributed by atoms with Gasteiger partial charge in [-0.3, -0.25) is 0 Å². The fourth-order valence-electron chi connectivity index (χ4n) is 1.55. The van der Waals surface area contributed by atoms with Crippen LogP contribution in [0.2, 0.25) is 0 Å². The van der Waals surface area contributed by atoms with Crippen LogP contribution in [0.4, 0.5) is 0 Å². The zero-order chi connectivity index (χ0) is 10.7. The van der Waals surface area contributed by atoms with Crippen molar-refractivity contribution in [1.29, 1.82) is 0 Å². The first-order valence-corrected chi connectivity index (χ1v) is 5.78. The lowest BCUT2D eigenvalue weighted by Gasteiger charge is -2.00. The Balaban J connectivity index is 1.99. The molecule has 15 heavy (non-hydrogen) atoms. The van der Waals surface area contributed by atoms with Gasteiger partial charge < -0.3 is 4.98 Å². The highest BCUT2D eigenvalue weighted by atomic mass is 79.9. The molecule has 0 aliphatic rings. The second-order valence-electron chi connectivity index (χ2n) is 3.60. The number of rotatable bonds is 3. The van der Waals surface area contributed by atoms with E-state index in [4.69, 9.17) is 0 Å². The Bertz CT molecular complexity index is 431. The van der Waals surface area contributed by atoms with Crippen molar-refractivity contribution in [3.05, 3.63) is 52.0 Å². The van der Waals surface area contributed by atoms with E-state index in [0.29, 0.717) is 0 Å². The number of hydrogen-bond donors (Lipinski definition) is 1. The Morgan fingerprint density at radius 1 is 1.20 bits per heavy atom. The first-order valence-electron chi connectivity index (χ1n) is 4.99. The number of H-pyrrole nitrogens is 1. The molecule has 0 amide bonds. The van der Waals surface area contributed by atoms with E-state index in [0.717, 1.165) is 23.0 Å². The van der Waals surface area contributed by atoms with E-state index in [1.54, 1.807) is 6.33 Å². The Morgan fingerprint density at radius 3 is 2.53 bits per heavy atom. The highest BCUT2D eigenvalue weighted by Gasteiger charge is 2.01. The molecule has 2 rings (SSSR count). The van der Waals surface area contributed by atoms with Gasteiger partial charge in [0.05, 0.1) is 12.0 Å². The van der Waals surface area contributed by atoms with Crippen molar-refractivity contribution in [2.24, 2.45) is 0 Å². The summed E-state index contributed by atoms with van der Waals surface area (Å²) in [7, 11) is 0. The van der Waals surface area contributed by atoms with Crippen LogP contribution in [-0.2, 0) is 12.8 Å². The summed E-state index contributed by atoms with van der Waals surface area (Å²) in [6.07, 6.45) is 3.79. The van der Waals surface area contributed by atoms with E-state index in [1.807, 2.05) is 0 Å². The summed E-state index contributed by atoms with van der Waals surface area (Å²) in [5.41, 5.74) is 3.69. The van der Waals surface area contributed by atoms with Gasteiger partial charge in [0.25, 0.3) is 0 Å². The third-order valence-corrected chi connectivity index (χ3v) is 3.03. The molecule has 1 heterocycles. The maximum atomic E-state index is 4.28. The molecule has 3 heteroatoms. The van der Waals surface area contributed by atoms with E-state index in [-0.39, 0.29) is 0 Å². The van der Waals surface area contributed by atoms with Gasteiger partial charge in [0.2, 0.25) is 0 Å². The first kappa shape index (κ1) is 10.4. The van der Waals surface area contributed by atoms with E-state index >= 15 is 0 Å². The average Bonchev–Trinajstić information content (AvgIpc) is 2.63. The molecule has 0 unspecified atom stereocenters. The van der Waals surface area contributed by atoms with Crippen molar-refractivity contribution in [3.8, 4) is 0 Å². The largest absolute Gasteiger partial charge is 0.348 e. The minimum Gasteiger partial charge on any atom is -0.348 e. The summed E-state index contributed by atoms with van der Waals surface area (Å²) in [5, 5.41) is 0. The maximum Gasteiger partial charge on any atom is 0.0925 e. The van der Waals surface area contributed by atoms with E-state index in [2.05, 4.69) is 57.1 Å². The van der Waals surface area contributed by atoms with Crippen molar-refractivity contribution in [2.45, 2.75) is 19.8 Å². The van der Waals surface area contributed by atoms with Gasteiger partial charge in [0, 0.05) is 10.2 Å². The zero-order valence-electron chi connectivity index (χ0n) is 8.63. The normalized spacial score (nSPS) is 10.5. The van der Waals surface area contributed by atoms with Crippen LogP contribution in [0, 0.1) is 6.92 Å². The molecule has 0 saturated heterocycles. The van der Waals surface area contributed by atoms with Gasteiger partial charge in [0.1, 0.15) is 0 Å². The third-order valence-electron chi connectivity index (χ3n) is 2.50. The smallest absolute Gasteiger partial charge is 0.0925 e. The Hall–Kier alpha value is -1.09. The Kier molecular flexibility index (Phi) is 3.21. The number of benzene rings is 1. The molecule has 0 fully saturated rings. The van der Waals surface area contributed by atoms with Gasteiger partial charge in [-0.05, 0) is 37.5 Å². The van der Waals surface area contributed by atoms with Crippen molar-refractivity contribution < 1.29 is 0 Å².